The zero-order chi connectivity index (χ0) is 21.5. The van der Waals surface area contributed by atoms with Crippen LogP contribution in [0.25, 0.3) is 0 Å². The van der Waals surface area contributed by atoms with Gasteiger partial charge in [0.1, 0.15) is 6.54 Å². The third kappa shape index (κ3) is 7.85. The van der Waals surface area contributed by atoms with Crippen molar-refractivity contribution in [2.45, 2.75) is 50.8 Å². The van der Waals surface area contributed by atoms with E-state index in [1.54, 1.807) is 0 Å². The van der Waals surface area contributed by atoms with Crippen molar-refractivity contribution in [1.82, 2.24) is 5.32 Å². The highest BCUT2D eigenvalue weighted by atomic mass is 32.2. The lowest BCUT2D eigenvalue weighted by Crippen LogP contribution is -2.41. The van der Waals surface area contributed by atoms with Crippen LogP contribution in [0.5, 0.6) is 0 Å². The zero-order valence-corrected chi connectivity index (χ0v) is 17.2. The van der Waals surface area contributed by atoms with E-state index in [1.165, 1.54) is 12.5 Å². The summed E-state index contributed by atoms with van der Waals surface area (Å²) in [5, 5.41) is 2.59. The van der Waals surface area contributed by atoms with Gasteiger partial charge in [0.15, 0.2) is 0 Å². The van der Waals surface area contributed by atoms with Crippen LogP contribution in [0.3, 0.4) is 0 Å². The highest BCUT2D eigenvalue weighted by Gasteiger charge is 2.32. The lowest BCUT2D eigenvalue weighted by atomic mass is 9.98. The van der Waals surface area contributed by atoms with Crippen molar-refractivity contribution >= 4 is 21.6 Å². The summed E-state index contributed by atoms with van der Waals surface area (Å²) in [4.78, 5) is 12.1. The number of benzene rings is 1. The van der Waals surface area contributed by atoms with E-state index in [-0.39, 0.29) is 11.8 Å². The van der Waals surface area contributed by atoms with Crippen molar-refractivity contribution in [2.75, 3.05) is 30.3 Å². The second kappa shape index (κ2) is 10.3. The van der Waals surface area contributed by atoms with E-state index in [1.807, 2.05) is 0 Å². The third-order valence-corrected chi connectivity index (χ3v) is 5.84. The monoisotopic (exact) mass is 436 g/mol. The van der Waals surface area contributed by atoms with Crippen LogP contribution in [-0.2, 0) is 25.7 Å². The van der Waals surface area contributed by atoms with Crippen molar-refractivity contribution in [1.29, 1.82) is 0 Å². The molecule has 0 aromatic heterocycles. The molecule has 1 aliphatic rings. The highest BCUT2D eigenvalue weighted by Crippen LogP contribution is 2.32. The van der Waals surface area contributed by atoms with E-state index in [9.17, 15) is 26.4 Å². The Kier molecular flexibility index (Phi) is 8.33. The Bertz CT molecular complexity index is 778. The number of hydrogen-bond donors (Lipinski definition) is 1. The Labute approximate surface area is 169 Å². The van der Waals surface area contributed by atoms with Gasteiger partial charge in [0.05, 0.1) is 23.6 Å². The van der Waals surface area contributed by atoms with Crippen molar-refractivity contribution in [3.05, 3.63) is 29.8 Å². The molecule has 1 aromatic carbocycles. The quantitative estimate of drug-likeness (QED) is 0.603. The number of rotatable bonds is 9. The van der Waals surface area contributed by atoms with Gasteiger partial charge in [-0.2, -0.15) is 13.2 Å². The van der Waals surface area contributed by atoms with Crippen molar-refractivity contribution in [2.24, 2.45) is 0 Å². The molecular formula is C19H27F3N2O4S. The van der Waals surface area contributed by atoms with Gasteiger partial charge in [0, 0.05) is 13.2 Å². The van der Waals surface area contributed by atoms with Crippen LogP contribution >= 0.6 is 0 Å². The number of anilines is 1. The summed E-state index contributed by atoms with van der Waals surface area (Å²) in [5.74, 6) is -0.592. The fourth-order valence-corrected chi connectivity index (χ4v) is 4.05. The number of sulfonamides is 1. The van der Waals surface area contributed by atoms with Crippen molar-refractivity contribution in [3.63, 3.8) is 0 Å². The van der Waals surface area contributed by atoms with Gasteiger partial charge in [0.25, 0.3) is 0 Å². The van der Waals surface area contributed by atoms with Gasteiger partial charge in [-0.3, -0.25) is 9.10 Å². The van der Waals surface area contributed by atoms with Crippen LogP contribution in [-0.4, -0.2) is 46.4 Å². The summed E-state index contributed by atoms with van der Waals surface area (Å²) in [5.41, 5.74) is -1.19. The van der Waals surface area contributed by atoms with Crippen molar-refractivity contribution < 1.29 is 31.1 Å². The maximum Gasteiger partial charge on any atom is 0.416 e. The number of nitrogens with zero attached hydrogens (tertiary/aromatic N) is 1. The molecule has 0 radical (unpaired) electrons. The number of carbonyl (C=O) groups is 1. The number of halogens is 3. The molecule has 29 heavy (non-hydrogen) atoms. The second-order valence-electron chi connectivity index (χ2n) is 7.15. The van der Waals surface area contributed by atoms with Crippen LogP contribution in [0.4, 0.5) is 18.9 Å². The molecule has 0 unspecified atom stereocenters. The molecule has 0 heterocycles. The molecule has 10 heteroatoms. The largest absolute Gasteiger partial charge is 0.416 e. The molecule has 2 rings (SSSR count). The SMILES string of the molecule is CS(=O)(=O)N(CC(=O)NCCCOC1CCCCC1)c1cccc(C(F)(F)F)c1. The van der Waals surface area contributed by atoms with Gasteiger partial charge in [-0.15, -0.1) is 0 Å². The average Bonchev–Trinajstić information content (AvgIpc) is 2.65. The maximum atomic E-state index is 12.9. The summed E-state index contributed by atoms with van der Waals surface area (Å²) >= 11 is 0. The topological polar surface area (TPSA) is 75.7 Å². The molecule has 0 saturated heterocycles. The van der Waals surface area contributed by atoms with E-state index < -0.39 is 34.2 Å². The summed E-state index contributed by atoms with van der Waals surface area (Å²) in [6, 6.07) is 3.89. The summed E-state index contributed by atoms with van der Waals surface area (Å²) in [7, 11) is -3.94. The van der Waals surface area contributed by atoms with Crippen LogP contribution in [0.1, 0.15) is 44.1 Å². The molecule has 0 aliphatic heterocycles. The molecule has 164 valence electrons. The molecule has 1 aliphatic carbocycles. The molecule has 1 amide bonds. The Morgan fingerprint density at radius 1 is 1.24 bits per heavy atom. The Hall–Kier alpha value is -1.81. The molecule has 1 N–H and O–H groups in total. The molecule has 1 aromatic rings. The predicted molar refractivity (Wildman–Crippen MR) is 104 cm³/mol. The van der Waals surface area contributed by atoms with Gasteiger partial charge in [-0.05, 0) is 37.5 Å². The average molecular weight is 436 g/mol. The number of alkyl halides is 3. The number of hydrogen-bond acceptors (Lipinski definition) is 4. The smallest absolute Gasteiger partial charge is 0.378 e. The first-order chi connectivity index (χ1) is 13.6. The fraction of sp³-hybridized carbons (Fsp3) is 0.632. The maximum absolute atomic E-state index is 12.9. The number of carbonyl (C=O) groups excluding carboxylic acids is 1. The molecule has 6 nitrogen and oxygen atoms in total. The molecule has 1 saturated carbocycles. The minimum absolute atomic E-state index is 0.210. The van der Waals surface area contributed by atoms with Crippen LogP contribution < -0.4 is 9.62 Å². The third-order valence-electron chi connectivity index (χ3n) is 4.70. The van der Waals surface area contributed by atoms with E-state index in [2.05, 4.69) is 5.32 Å². The standard InChI is InChI=1S/C19H27F3N2O4S/c1-29(26,27)24(16-8-5-7-15(13-16)19(20,21)22)14-18(25)23-11-6-12-28-17-9-3-2-4-10-17/h5,7-8,13,17H,2-4,6,9-12,14H2,1H3,(H,23,25). The summed E-state index contributed by atoms with van der Waals surface area (Å²) < 4.78 is 69.2. The van der Waals surface area contributed by atoms with Gasteiger partial charge in [0.2, 0.25) is 15.9 Å². The van der Waals surface area contributed by atoms with Crippen molar-refractivity contribution in [3.8, 4) is 0 Å². The fourth-order valence-electron chi connectivity index (χ4n) is 3.21. The molecule has 0 spiro atoms. The van der Waals surface area contributed by atoms with Crippen LogP contribution in [0.15, 0.2) is 24.3 Å². The molecule has 0 bridgehead atoms. The first kappa shape index (κ1) is 23.5. The minimum Gasteiger partial charge on any atom is -0.378 e. The first-order valence-electron chi connectivity index (χ1n) is 9.60. The highest BCUT2D eigenvalue weighted by molar-refractivity contribution is 7.92. The van der Waals surface area contributed by atoms with Gasteiger partial charge >= 0.3 is 6.18 Å². The molecule has 1 fully saturated rings. The summed E-state index contributed by atoms with van der Waals surface area (Å²) in [6.45, 7) is 0.198. The van der Waals surface area contributed by atoms with Gasteiger partial charge in [-0.1, -0.05) is 25.3 Å². The minimum atomic E-state index is -4.61. The van der Waals surface area contributed by atoms with E-state index in [4.69, 9.17) is 4.74 Å². The Morgan fingerprint density at radius 3 is 2.55 bits per heavy atom. The second-order valence-corrected chi connectivity index (χ2v) is 9.06. The van der Waals surface area contributed by atoms with E-state index >= 15 is 0 Å². The lowest BCUT2D eigenvalue weighted by Gasteiger charge is -2.23. The van der Waals surface area contributed by atoms with Gasteiger partial charge < -0.3 is 10.1 Å². The van der Waals surface area contributed by atoms with Gasteiger partial charge in [-0.25, -0.2) is 8.42 Å². The number of ether oxygens (including phenoxy) is 1. The molecule has 0 atom stereocenters. The Balaban J connectivity index is 1.87. The van der Waals surface area contributed by atoms with E-state index in [0.717, 1.165) is 44.1 Å². The van der Waals surface area contributed by atoms with Crippen LogP contribution in [0, 0.1) is 0 Å². The first-order valence-corrected chi connectivity index (χ1v) is 11.5. The predicted octanol–water partition coefficient (Wildman–Crippen LogP) is 3.33. The Morgan fingerprint density at radius 2 is 1.93 bits per heavy atom. The van der Waals surface area contributed by atoms with E-state index in [0.29, 0.717) is 29.9 Å². The normalized spacial score (nSPS) is 15.9. The summed E-state index contributed by atoms with van der Waals surface area (Å²) in [6.07, 6.45) is 2.73. The zero-order valence-electron chi connectivity index (χ0n) is 16.4. The lowest BCUT2D eigenvalue weighted by molar-refractivity contribution is -0.137. The number of amides is 1. The molecular weight excluding hydrogens is 409 g/mol. The number of nitrogens with one attached hydrogen (secondary N) is 1. The van der Waals surface area contributed by atoms with Crippen LogP contribution in [0.2, 0.25) is 0 Å².